The molecule has 2 heterocycles. The Labute approximate surface area is 248 Å². The molecule has 9 heteroatoms. The van der Waals surface area contributed by atoms with Crippen molar-refractivity contribution in [1.82, 2.24) is 14.5 Å². The lowest BCUT2D eigenvalue weighted by atomic mass is 10.0. The number of fused-ring (bicyclic) bond motifs is 1. The molecule has 0 aliphatic rings. The van der Waals surface area contributed by atoms with Crippen molar-refractivity contribution in [3.05, 3.63) is 112 Å². The molecule has 0 radical (unpaired) electrons. The number of nitrogens with zero attached hydrogens (tertiary/aromatic N) is 3. The number of carboxylic acid groups (broad SMARTS) is 1. The van der Waals surface area contributed by atoms with Gasteiger partial charge in [0.05, 0.1) is 28.9 Å². The fourth-order valence-electron chi connectivity index (χ4n) is 4.83. The lowest BCUT2D eigenvalue weighted by Crippen LogP contribution is -2.10. The summed E-state index contributed by atoms with van der Waals surface area (Å²) in [4.78, 5) is 20.8. The van der Waals surface area contributed by atoms with Crippen LogP contribution in [0, 0.1) is 5.82 Å². The van der Waals surface area contributed by atoms with Gasteiger partial charge in [0, 0.05) is 36.7 Å². The minimum absolute atomic E-state index is 0.162. The molecule has 0 fully saturated rings. The number of halogens is 2. The molecule has 0 aliphatic heterocycles. The van der Waals surface area contributed by atoms with Crippen LogP contribution in [0.1, 0.15) is 52.6 Å². The fraction of sp³-hybridized carbons (Fsp3) is 0.242. The van der Waals surface area contributed by atoms with Crippen LogP contribution in [0.2, 0.25) is 5.02 Å². The van der Waals surface area contributed by atoms with E-state index in [-0.39, 0.29) is 17.8 Å². The minimum atomic E-state index is -1.02. The van der Waals surface area contributed by atoms with Crippen molar-refractivity contribution >= 4 is 28.6 Å². The van der Waals surface area contributed by atoms with Crippen LogP contribution in [0.4, 0.5) is 4.39 Å². The molecule has 5 aromatic rings. The number of hydrogen-bond donors (Lipinski definition) is 1. The third-order valence-electron chi connectivity index (χ3n) is 7.08. The molecule has 0 bridgehead atoms. The molecule has 0 amide bonds. The second kappa shape index (κ2) is 12.7. The number of ether oxygens (including phenoxy) is 2. The maximum Gasteiger partial charge on any atom is 0.335 e. The Balaban J connectivity index is 1.36. The predicted octanol–water partition coefficient (Wildman–Crippen LogP) is 7.53. The zero-order valence-electron chi connectivity index (χ0n) is 23.6. The van der Waals surface area contributed by atoms with Gasteiger partial charge in [-0.2, -0.15) is 0 Å². The largest absolute Gasteiger partial charge is 0.478 e. The lowest BCUT2D eigenvalue weighted by molar-refractivity contribution is 0.0697. The zero-order valence-corrected chi connectivity index (χ0v) is 24.4. The van der Waals surface area contributed by atoms with E-state index >= 15 is 4.39 Å². The summed E-state index contributed by atoms with van der Waals surface area (Å²) in [5, 5.41) is 10.2. The highest BCUT2D eigenvalue weighted by Gasteiger charge is 2.16. The van der Waals surface area contributed by atoms with E-state index in [4.69, 9.17) is 21.1 Å². The first-order chi connectivity index (χ1) is 20.2. The second-order valence-electron chi connectivity index (χ2n) is 10.3. The van der Waals surface area contributed by atoms with Crippen LogP contribution < -0.4 is 4.74 Å². The molecular formula is C33H31ClFN3O4. The van der Waals surface area contributed by atoms with Crippen LogP contribution in [-0.2, 0) is 24.3 Å². The van der Waals surface area contributed by atoms with Crippen molar-refractivity contribution in [1.29, 1.82) is 0 Å². The van der Waals surface area contributed by atoms with E-state index in [0.29, 0.717) is 65.2 Å². The first kappa shape index (κ1) is 29.2. The Kier molecular flexibility index (Phi) is 8.85. The smallest absolute Gasteiger partial charge is 0.335 e. The molecule has 7 nitrogen and oxygen atoms in total. The Bertz CT molecular complexity index is 1750. The van der Waals surface area contributed by atoms with Gasteiger partial charge in [-0.05, 0) is 59.0 Å². The van der Waals surface area contributed by atoms with Gasteiger partial charge in [-0.25, -0.2) is 19.2 Å². The van der Waals surface area contributed by atoms with E-state index in [1.807, 2.05) is 41.0 Å². The number of benzene rings is 3. The molecule has 42 heavy (non-hydrogen) atoms. The number of imidazole rings is 1. The topological polar surface area (TPSA) is 86.5 Å². The van der Waals surface area contributed by atoms with E-state index in [2.05, 4.69) is 23.8 Å². The van der Waals surface area contributed by atoms with Gasteiger partial charge in [-0.3, -0.25) is 0 Å². The monoisotopic (exact) mass is 587 g/mol. The van der Waals surface area contributed by atoms with E-state index in [1.54, 1.807) is 31.4 Å². The summed E-state index contributed by atoms with van der Waals surface area (Å²) in [6.45, 7) is 5.37. The van der Waals surface area contributed by atoms with Crippen LogP contribution in [-0.4, -0.2) is 39.3 Å². The number of aromatic nitrogens is 3. The quantitative estimate of drug-likeness (QED) is 0.172. The Morgan fingerprint density at radius 3 is 2.62 bits per heavy atom. The van der Waals surface area contributed by atoms with Gasteiger partial charge in [0.1, 0.15) is 18.2 Å². The average molecular weight is 588 g/mol. The molecular weight excluding hydrogens is 557 g/mol. The van der Waals surface area contributed by atoms with Gasteiger partial charge in [0.15, 0.2) is 0 Å². The number of rotatable bonds is 11. The molecule has 0 atom stereocenters. The van der Waals surface area contributed by atoms with Crippen LogP contribution in [0.5, 0.6) is 5.88 Å². The average Bonchev–Trinajstić information content (AvgIpc) is 3.32. The number of hydrogen-bond acceptors (Lipinski definition) is 5. The van der Waals surface area contributed by atoms with Crippen LogP contribution >= 0.6 is 11.6 Å². The van der Waals surface area contributed by atoms with Gasteiger partial charge in [0.25, 0.3) is 0 Å². The van der Waals surface area contributed by atoms with Gasteiger partial charge in [-0.1, -0.05) is 55.8 Å². The normalized spacial score (nSPS) is 11.4. The third kappa shape index (κ3) is 6.45. The van der Waals surface area contributed by atoms with E-state index in [0.717, 1.165) is 16.1 Å². The summed E-state index contributed by atoms with van der Waals surface area (Å²) >= 11 is 6.32. The SMILES string of the molecule is COCCn1c(Cc2ccc(-c3cccc(OCc4ccc(Cl)c(C(C)C)c4)n3)cc2F)nc2ccc(C(=O)O)cc21. The molecule has 1 N–H and O–H groups in total. The highest BCUT2D eigenvalue weighted by atomic mass is 35.5. The molecule has 0 saturated heterocycles. The standard InChI is InChI=1S/C33H31ClFN3O4/c1-20(2)25-15-21(7-11-26(25)34)19-42-32-6-4-5-28(37-32)23-9-8-22(27(35)16-23)18-31-36-29-12-10-24(33(39)40)17-30(29)38(31)13-14-41-3/h4-12,15-17,20H,13-14,18-19H2,1-3H3,(H,39,40). The minimum Gasteiger partial charge on any atom is -0.478 e. The highest BCUT2D eigenvalue weighted by molar-refractivity contribution is 6.31. The summed E-state index contributed by atoms with van der Waals surface area (Å²) in [7, 11) is 1.59. The van der Waals surface area contributed by atoms with Crippen molar-refractivity contribution in [2.24, 2.45) is 0 Å². The van der Waals surface area contributed by atoms with Crippen LogP contribution in [0.25, 0.3) is 22.3 Å². The predicted molar refractivity (Wildman–Crippen MR) is 161 cm³/mol. The number of carbonyl (C=O) groups is 1. The Morgan fingerprint density at radius 2 is 1.88 bits per heavy atom. The Morgan fingerprint density at radius 1 is 1.05 bits per heavy atom. The number of carboxylic acids is 1. The molecule has 0 aliphatic carbocycles. The van der Waals surface area contributed by atoms with Gasteiger partial charge in [0.2, 0.25) is 5.88 Å². The number of aromatic carboxylic acids is 1. The number of pyridine rings is 1. The second-order valence-corrected chi connectivity index (χ2v) is 10.7. The molecule has 5 rings (SSSR count). The van der Waals surface area contributed by atoms with Gasteiger partial charge >= 0.3 is 5.97 Å². The molecule has 0 unspecified atom stereocenters. The highest BCUT2D eigenvalue weighted by Crippen LogP contribution is 2.28. The fourth-order valence-corrected chi connectivity index (χ4v) is 5.17. The number of methoxy groups -OCH3 is 1. The first-order valence-electron chi connectivity index (χ1n) is 13.6. The molecule has 3 aromatic carbocycles. The van der Waals surface area contributed by atoms with E-state index < -0.39 is 5.97 Å². The van der Waals surface area contributed by atoms with Crippen molar-refractivity contribution in [2.75, 3.05) is 13.7 Å². The van der Waals surface area contributed by atoms with Crippen molar-refractivity contribution in [3.8, 4) is 17.1 Å². The van der Waals surface area contributed by atoms with Gasteiger partial charge in [-0.15, -0.1) is 0 Å². The third-order valence-corrected chi connectivity index (χ3v) is 7.43. The summed E-state index contributed by atoms with van der Waals surface area (Å²) in [5.41, 5.74) is 5.19. The Hall–Kier alpha value is -4.27. The molecule has 216 valence electrons. The van der Waals surface area contributed by atoms with Crippen molar-refractivity contribution < 1.29 is 23.8 Å². The summed E-state index contributed by atoms with van der Waals surface area (Å²) in [6, 6.07) is 21.0. The molecule has 0 spiro atoms. The zero-order chi connectivity index (χ0) is 29.8. The maximum atomic E-state index is 15.4. The van der Waals surface area contributed by atoms with E-state index in [9.17, 15) is 9.90 Å². The van der Waals surface area contributed by atoms with Crippen molar-refractivity contribution in [3.63, 3.8) is 0 Å². The molecule has 0 saturated carbocycles. The van der Waals surface area contributed by atoms with Crippen molar-refractivity contribution in [2.45, 2.75) is 39.3 Å². The van der Waals surface area contributed by atoms with E-state index in [1.165, 1.54) is 12.1 Å². The van der Waals surface area contributed by atoms with Crippen LogP contribution in [0.15, 0.2) is 72.8 Å². The first-order valence-corrected chi connectivity index (χ1v) is 14.0. The lowest BCUT2D eigenvalue weighted by Gasteiger charge is -2.12. The van der Waals surface area contributed by atoms with Crippen LogP contribution in [0.3, 0.4) is 0 Å². The molecule has 2 aromatic heterocycles. The maximum absolute atomic E-state index is 15.4. The summed E-state index contributed by atoms with van der Waals surface area (Å²) in [5.74, 6) is -0.0586. The summed E-state index contributed by atoms with van der Waals surface area (Å²) in [6.07, 6.45) is 0.225. The summed E-state index contributed by atoms with van der Waals surface area (Å²) < 4.78 is 28.5. The van der Waals surface area contributed by atoms with Gasteiger partial charge < -0.3 is 19.1 Å².